The molecule has 0 fully saturated rings. The van der Waals surface area contributed by atoms with E-state index in [0.717, 1.165) is 19.4 Å². The third-order valence-corrected chi connectivity index (χ3v) is 7.09. The zero-order valence-corrected chi connectivity index (χ0v) is 24.5. The fourth-order valence-electron chi connectivity index (χ4n) is 4.07. The van der Waals surface area contributed by atoms with Crippen LogP contribution in [-0.2, 0) is 25.0 Å². The van der Waals surface area contributed by atoms with Gasteiger partial charge < -0.3 is 28.3 Å². The van der Waals surface area contributed by atoms with Gasteiger partial charge >= 0.3 is 8.60 Å². The molecule has 1 rings (SSSR count). The van der Waals surface area contributed by atoms with Gasteiger partial charge in [-0.1, -0.05) is 89.7 Å². The molecule has 2 N–H and O–H groups in total. The number of aryl methyl sites for hydroxylation is 1. The Hall–Kier alpha value is -1.24. The van der Waals surface area contributed by atoms with Gasteiger partial charge in [-0.25, -0.2) is 0 Å². The molecule has 7 nitrogen and oxygen atoms in total. The SMILES string of the molecule is CCCCCCCCCCCCCCc1ccc(OCC(COP(O)OCCC[NH+](C)C)OC=O)cc1. The minimum atomic E-state index is -2.00. The quantitative estimate of drug-likeness (QED) is 0.0897. The summed E-state index contributed by atoms with van der Waals surface area (Å²) >= 11 is 0. The van der Waals surface area contributed by atoms with Gasteiger partial charge in [-0.05, 0) is 30.5 Å². The maximum absolute atomic E-state index is 10.8. The number of carbonyl (C=O) groups excluding carboxylic acids is 1. The van der Waals surface area contributed by atoms with E-state index >= 15 is 0 Å². The number of hydrogen-bond donors (Lipinski definition) is 2. The van der Waals surface area contributed by atoms with Crippen molar-refractivity contribution in [3.8, 4) is 5.75 Å². The van der Waals surface area contributed by atoms with Crippen molar-refractivity contribution >= 4 is 15.1 Å². The van der Waals surface area contributed by atoms with Crippen LogP contribution in [-0.4, -0.2) is 57.9 Å². The first-order valence-electron chi connectivity index (χ1n) is 14.4. The topological polar surface area (TPSA) is 78.7 Å². The van der Waals surface area contributed by atoms with Crippen molar-refractivity contribution in [3.63, 3.8) is 0 Å². The van der Waals surface area contributed by atoms with Crippen LogP contribution in [0.2, 0.25) is 0 Å². The molecule has 8 heteroatoms. The van der Waals surface area contributed by atoms with Crippen molar-refractivity contribution in [1.82, 2.24) is 0 Å². The average Bonchev–Trinajstić information content (AvgIpc) is 2.89. The Kier molecular flexibility index (Phi) is 21.8. The van der Waals surface area contributed by atoms with E-state index in [9.17, 15) is 9.69 Å². The van der Waals surface area contributed by atoms with Crippen molar-refractivity contribution in [1.29, 1.82) is 0 Å². The summed E-state index contributed by atoms with van der Waals surface area (Å²) in [5.41, 5.74) is 1.31. The van der Waals surface area contributed by atoms with Gasteiger partial charge in [0.15, 0.2) is 6.10 Å². The first-order valence-corrected chi connectivity index (χ1v) is 15.5. The molecule has 0 amide bonds. The van der Waals surface area contributed by atoms with Crippen LogP contribution in [0.25, 0.3) is 0 Å². The summed E-state index contributed by atoms with van der Waals surface area (Å²) < 4.78 is 21.4. The molecule has 1 aromatic carbocycles. The van der Waals surface area contributed by atoms with Gasteiger partial charge in [-0.3, -0.25) is 4.79 Å². The van der Waals surface area contributed by atoms with Crippen molar-refractivity contribution in [3.05, 3.63) is 29.8 Å². The summed E-state index contributed by atoms with van der Waals surface area (Å²) in [4.78, 5) is 22.0. The summed E-state index contributed by atoms with van der Waals surface area (Å²) in [5, 5.41) is 0. The number of rotatable bonds is 26. The van der Waals surface area contributed by atoms with Crippen LogP contribution in [0, 0.1) is 0 Å². The van der Waals surface area contributed by atoms with Crippen LogP contribution in [0.1, 0.15) is 96.0 Å². The monoisotopic (exact) mass is 542 g/mol. The van der Waals surface area contributed by atoms with E-state index in [2.05, 4.69) is 33.2 Å². The highest BCUT2D eigenvalue weighted by Gasteiger charge is 2.16. The molecule has 0 heterocycles. The lowest BCUT2D eigenvalue weighted by molar-refractivity contribution is -0.858. The molecular formula is C29H53NO6P+. The lowest BCUT2D eigenvalue weighted by Crippen LogP contribution is -3.05. The Morgan fingerprint density at radius 2 is 1.43 bits per heavy atom. The van der Waals surface area contributed by atoms with Gasteiger partial charge in [0.25, 0.3) is 6.47 Å². The number of hydrogen-bond acceptors (Lipinski definition) is 6. The third kappa shape index (κ3) is 20.4. The van der Waals surface area contributed by atoms with Crippen molar-refractivity contribution in [2.24, 2.45) is 0 Å². The molecule has 0 aliphatic carbocycles. The zero-order valence-electron chi connectivity index (χ0n) is 23.6. The summed E-state index contributed by atoms with van der Waals surface area (Å²) in [6, 6.07) is 8.08. The molecule has 2 atom stereocenters. The van der Waals surface area contributed by atoms with Gasteiger partial charge in [-0.2, -0.15) is 0 Å². The highest BCUT2D eigenvalue weighted by Crippen LogP contribution is 2.33. The van der Waals surface area contributed by atoms with E-state index in [-0.39, 0.29) is 13.2 Å². The molecule has 0 saturated carbocycles. The Morgan fingerprint density at radius 3 is 2.00 bits per heavy atom. The molecule has 0 saturated heterocycles. The van der Waals surface area contributed by atoms with Crippen LogP contribution >= 0.6 is 8.60 Å². The van der Waals surface area contributed by atoms with E-state index in [0.29, 0.717) is 18.8 Å². The number of unbranched alkanes of at least 4 members (excludes halogenated alkanes) is 11. The Bertz CT molecular complexity index is 646. The minimum absolute atomic E-state index is 0.0108. The molecule has 1 aromatic rings. The number of benzene rings is 1. The van der Waals surface area contributed by atoms with Gasteiger partial charge in [0.05, 0.1) is 33.9 Å². The van der Waals surface area contributed by atoms with E-state index in [1.807, 2.05) is 12.1 Å². The number of ether oxygens (including phenoxy) is 2. The summed E-state index contributed by atoms with van der Waals surface area (Å²) in [7, 11) is 2.12. The van der Waals surface area contributed by atoms with E-state index in [1.165, 1.54) is 87.5 Å². The Morgan fingerprint density at radius 1 is 0.838 bits per heavy atom. The molecule has 214 valence electrons. The summed E-state index contributed by atoms with van der Waals surface area (Å²) in [5.74, 6) is 0.714. The molecule has 2 unspecified atom stereocenters. The van der Waals surface area contributed by atoms with Gasteiger partial charge in [-0.15, -0.1) is 0 Å². The summed E-state index contributed by atoms with van der Waals surface area (Å²) in [6.45, 7) is 4.17. The van der Waals surface area contributed by atoms with E-state index in [1.54, 1.807) is 0 Å². The van der Waals surface area contributed by atoms with Crippen LogP contribution in [0.5, 0.6) is 5.75 Å². The zero-order chi connectivity index (χ0) is 27.0. The van der Waals surface area contributed by atoms with Crippen LogP contribution in [0.15, 0.2) is 24.3 Å². The van der Waals surface area contributed by atoms with E-state index < -0.39 is 14.7 Å². The largest absolute Gasteiger partial charge is 0.490 e. The van der Waals surface area contributed by atoms with Crippen molar-refractivity contribution in [2.75, 3.05) is 40.5 Å². The molecular weight excluding hydrogens is 489 g/mol. The molecule has 0 bridgehead atoms. The number of quaternary nitrogens is 1. The Labute approximate surface area is 227 Å². The normalized spacial score (nSPS) is 13.0. The minimum Gasteiger partial charge on any atom is -0.490 e. The molecule has 0 aromatic heterocycles. The van der Waals surface area contributed by atoms with Crippen LogP contribution in [0.4, 0.5) is 0 Å². The highest BCUT2D eigenvalue weighted by atomic mass is 31.2. The average molecular weight is 543 g/mol. The third-order valence-electron chi connectivity index (χ3n) is 6.32. The molecule has 0 aliphatic rings. The van der Waals surface area contributed by atoms with Crippen molar-refractivity contribution in [2.45, 2.75) is 103 Å². The number of carbonyl (C=O) groups is 1. The molecule has 37 heavy (non-hydrogen) atoms. The molecule has 0 spiro atoms. The van der Waals surface area contributed by atoms with Crippen LogP contribution in [0.3, 0.4) is 0 Å². The second-order valence-corrected chi connectivity index (χ2v) is 11.1. The predicted octanol–water partition coefficient (Wildman–Crippen LogP) is 5.64. The van der Waals surface area contributed by atoms with E-state index in [4.69, 9.17) is 18.5 Å². The lowest BCUT2D eigenvalue weighted by Gasteiger charge is -2.18. The predicted molar refractivity (Wildman–Crippen MR) is 151 cm³/mol. The van der Waals surface area contributed by atoms with Gasteiger partial charge in [0.2, 0.25) is 0 Å². The molecule has 0 radical (unpaired) electrons. The highest BCUT2D eigenvalue weighted by molar-refractivity contribution is 7.40. The molecule has 0 aliphatic heterocycles. The van der Waals surface area contributed by atoms with Gasteiger partial charge in [0, 0.05) is 6.42 Å². The fraction of sp³-hybridized carbons (Fsp3) is 0.759. The van der Waals surface area contributed by atoms with Crippen LogP contribution < -0.4 is 9.64 Å². The standard InChI is InChI=1S/C29H52NO6P/c1-4-5-6-7-8-9-10-11-12-13-14-15-17-27-18-20-28(21-19-27)33-24-29(34-26-31)25-36-37(32)35-23-16-22-30(2)3/h18-21,26,29,32H,4-17,22-25H2,1-3H3/p+1. The maximum Gasteiger partial charge on any atom is 0.329 e. The second kappa shape index (κ2) is 23.8. The van der Waals surface area contributed by atoms with Gasteiger partial charge in [0.1, 0.15) is 12.4 Å². The maximum atomic E-state index is 10.8. The summed E-state index contributed by atoms with van der Waals surface area (Å²) in [6.07, 6.45) is 17.6. The van der Waals surface area contributed by atoms with Crippen molar-refractivity contribution < 1.29 is 33.1 Å². The first kappa shape index (κ1) is 33.8. The smallest absolute Gasteiger partial charge is 0.329 e. The Balaban J connectivity index is 2.13. The fourth-order valence-corrected chi connectivity index (χ4v) is 4.72. The number of nitrogens with one attached hydrogen (secondary N) is 1. The lowest BCUT2D eigenvalue weighted by atomic mass is 10.0. The second-order valence-electron chi connectivity index (χ2n) is 10.1. The first-order chi connectivity index (χ1) is 18.0.